The molecule has 1 aromatic rings. The Morgan fingerprint density at radius 3 is 2.75 bits per heavy atom. The second-order valence-electron chi connectivity index (χ2n) is 7.47. The molecule has 6 heteroatoms. The first kappa shape index (κ1) is 14.5. The number of hydrogen-bond donors (Lipinski definition) is 1. The summed E-state index contributed by atoms with van der Waals surface area (Å²) < 4.78 is 11.0. The third-order valence-corrected chi connectivity index (χ3v) is 6.28. The van der Waals surface area contributed by atoms with E-state index in [-0.39, 0.29) is 5.91 Å². The van der Waals surface area contributed by atoms with E-state index in [1.807, 2.05) is 6.07 Å². The maximum Gasteiger partial charge on any atom is 0.231 e. The molecule has 1 amide bonds. The number of benzene rings is 1. The molecule has 3 atom stereocenters. The first-order valence-corrected chi connectivity index (χ1v) is 8.86. The van der Waals surface area contributed by atoms with Gasteiger partial charge in [-0.3, -0.25) is 14.6 Å². The highest BCUT2D eigenvalue weighted by atomic mass is 16.7. The highest BCUT2D eigenvalue weighted by Crippen LogP contribution is 2.47. The van der Waals surface area contributed by atoms with Crippen molar-refractivity contribution in [3.8, 4) is 11.5 Å². The van der Waals surface area contributed by atoms with Gasteiger partial charge in [-0.15, -0.1) is 0 Å². The van der Waals surface area contributed by atoms with E-state index in [0.717, 1.165) is 18.0 Å². The SMILES string of the molecule is NC(=O)CN1C[C@@H](c2ccc3c(c2)OCO3)[C@@H]2[C@H]1C1CCN2CC1. The standard InChI is InChI=1S/C18H23N3O3/c19-16(22)9-21-8-13(12-1-2-14-15(7-12)24-10-23-14)18-17(21)11-3-5-20(18)6-4-11/h1-2,7,11,13,17-18H,3-6,8-10H2,(H2,19,22)/t13-,17+,18+/m0/s1. The number of amides is 1. The molecule has 0 spiro atoms. The third-order valence-electron chi connectivity index (χ3n) is 6.28. The molecule has 5 aliphatic heterocycles. The van der Waals surface area contributed by atoms with Crippen molar-refractivity contribution in [2.45, 2.75) is 30.8 Å². The van der Waals surface area contributed by atoms with Crippen molar-refractivity contribution >= 4 is 5.91 Å². The summed E-state index contributed by atoms with van der Waals surface area (Å²) in [5.41, 5.74) is 6.81. The van der Waals surface area contributed by atoms with Crippen LogP contribution in [0.1, 0.15) is 24.3 Å². The second-order valence-corrected chi connectivity index (χ2v) is 7.47. The number of rotatable bonds is 3. The monoisotopic (exact) mass is 329 g/mol. The van der Waals surface area contributed by atoms with Crippen molar-refractivity contribution in [3.05, 3.63) is 23.8 Å². The Balaban J connectivity index is 1.50. The van der Waals surface area contributed by atoms with Gasteiger partial charge in [0.15, 0.2) is 11.5 Å². The van der Waals surface area contributed by atoms with Gasteiger partial charge in [0.2, 0.25) is 12.7 Å². The van der Waals surface area contributed by atoms with E-state index in [1.165, 1.54) is 31.5 Å². The Hall–Kier alpha value is -1.79. The molecule has 6 nitrogen and oxygen atoms in total. The van der Waals surface area contributed by atoms with Gasteiger partial charge in [-0.1, -0.05) is 6.07 Å². The molecule has 1 aromatic carbocycles. The van der Waals surface area contributed by atoms with Crippen LogP contribution in [0.2, 0.25) is 0 Å². The Morgan fingerprint density at radius 2 is 1.96 bits per heavy atom. The number of nitrogens with zero attached hydrogens (tertiary/aromatic N) is 2. The van der Waals surface area contributed by atoms with E-state index >= 15 is 0 Å². The van der Waals surface area contributed by atoms with Gasteiger partial charge in [0.25, 0.3) is 0 Å². The number of ether oxygens (including phenoxy) is 2. The van der Waals surface area contributed by atoms with Gasteiger partial charge in [0.05, 0.1) is 6.54 Å². The summed E-state index contributed by atoms with van der Waals surface area (Å²) in [4.78, 5) is 16.5. The predicted molar refractivity (Wildman–Crippen MR) is 87.9 cm³/mol. The molecule has 0 radical (unpaired) electrons. The van der Waals surface area contributed by atoms with Gasteiger partial charge >= 0.3 is 0 Å². The minimum Gasteiger partial charge on any atom is -0.454 e. The topological polar surface area (TPSA) is 68.0 Å². The molecule has 4 fully saturated rings. The molecule has 2 bridgehead atoms. The van der Waals surface area contributed by atoms with Gasteiger partial charge in [-0.2, -0.15) is 0 Å². The Kier molecular flexibility index (Phi) is 3.25. The zero-order chi connectivity index (χ0) is 16.3. The van der Waals surface area contributed by atoms with Crippen molar-refractivity contribution in [2.75, 3.05) is 33.0 Å². The van der Waals surface area contributed by atoms with E-state index in [4.69, 9.17) is 15.2 Å². The van der Waals surface area contributed by atoms with Gasteiger partial charge in [-0.25, -0.2) is 0 Å². The van der Waals surface area contributed by atoms with Crippen LogP contribution in [-0.4, -0.2) is 60.8 Å². The molecule has 24 heavy (non-hydrogen) atoms. The lowest BCUT2D eigenvalue weighted by molar-refractivity contribution is -0.120. The average molecular weight is 329 g/mol. The first-order chi connectivity index (χ1) is 11.7. The fourth-order valence-electron chi connectivity index (χ4n) is 5.36. The fourth-order valence-corrected chi connectivity index (χ4v) is 5.36. The molecule has 0 saturated carbocycles. The van der Waals surface area contributed by atoms with Crippen LogP contribution in [0, 0.1) is 5.92 Å². The number of fused-ring (bicyclic) bond motifs is 3. The molecule has 2 N–H and O–H groups in total. The van der Waals surface area contributed by atoms with Crippen molar-refractivity contribution in [1.82, 2.24) is 9.80 Å². The maximum atomic E-state index is 11.6. The molecular formula is C18H23N3O3. The van der Waals surface area contributed by atoms with Crippen molar-refractivity contribution in [2.24, 2.45) is 11.7 Å². The predicted octanol–water partition coefficient (Wildman–Crippen LogP) is 0.763. The van der Waals surface area contributed by atoms with Crippen LogP contribution in [0.15, 0.2) is 18.2 Å². The van der Waals surface area contributed by atoms with Crippen molar-refractivity contribution in [3.63, 3.8) is 0 Å². The second kappa shape index (κ2) is 5.36. The number of carbonyl (C=O) groups excluding carboxylic acids is 1. The first-order valence-electron chi connectivity index (χ1n) is 8.86. The van der Waals surface area contributed by atoms with E-state index in [9.17, 15) is 4.79 Å². The summed E-state index contributed by atoms with van der Waals surface area (Å²) >= 11 is 0. The van der Waals surface area contributed by atoms with Gasteiger partial charge in [0, 0.05) is 24.5 Å². The largest absolute Gasteiger partial charge is 0.454 e. The van der Waals surface area contributed by atoms with Crippen molar-refractivity contribution in [1.29, 1.82) is 0 Å². The lowest BCUT2D eigenvalue weighted by Crippen LogP contribution is -2.60. The van der Waals surface area contributed by atoms with Crippen LogP contribution < -0.4 is 15.2 Å². The molecule has 0 aliphatic carbocycles. The number of piperidine rings is 3. The number of hydrogen-bond acceptors (Lipinski definition) is 5. The zero-order valence-corrected chi connectivity index (χ0v) is 13.7. The summed E-state index contributed by atoms with van der Waals surface area (Å²) in [7, 11) is 0. The molecule has 6 rings (SSSR count). The Morgan fingerprint density at radius 1 is 1.17 bits per heavy atom. The van der Waals surface area contributed by atoms with E-state index < -0.39 is 0 Å². The minimum atomic E-state index is -0.225. The third kappa shape index (κ3) is 2.13. The molecule has 128 valence electrons. The van der Waals surface area contributed by atoms with Gasteiger partial charge in [-0.05, 0) is 49.5 Å². The Labute approximate surface area is 141 Å². The minimum absolute atomic E-state index is 0.225. The van der Waals surface area contributed by atoms with E-state index in [1.54, 1.807) is 0 Å². The van der Waals surface area contributed by atoms with E-state index in [2.05, 4.69) is 21.9 Å². The summed E-state index contributed by atoms with van der Waals surface area (Å²) in [5.74, 6) is 2.53. The van der Waals surface area contributed by atoms with Crippen LogP contribution in [0.5, 0.6) is 11.5 Å². The quantitative estimate of drug-likeness (QED) is 0.887. The number of primary amides is 1. The molecular weight excluding hydrogens is 306 g/mol. The number of carbonyl (C=O) groups is 1. The number of likely N-dealkylation sites (tertiary alicyclic amines) is 1. The van der Waals surface area contributed by atoms with Crippen molar-refractivity contribution < 1.29 is 14.3 Å². The summed E-state index contributed by atoms with van der Waals surface area (Å²) in [6, 6.07) is 7.24. The normalized spacial score (nSPS) is 36.8. The van der Waals surface area contributed by atoms with Crippen LogP contribution >= 0.6 is 0 Å². The fraction of sp³-hybridized carbons (Fsp3) is 0.611. The average Bonchev–Trinajstić information content (AvgIpc) is 3.20. The molecule has 5 aliphatic rings. The lowest BCUT2D eigenvalue weighted by atomic mass is 9.75. The van der Waals surface area contributed by atoms with Crippen LogP contribution in [0.4, 0.5) is 0 Å². The van der Waals surface area contributed by atoms with Gasteiger partial charge < -0.3 is 15.2 Å². The van der Waals surface area contributed by atoms with Crippen LogP contribution in [-0.2, 0) is 4.79 Å². The highest BCUT2D eigenvalue weighted by molar-refractivity contribution is 5.76. The molecule has 0 aromatic heterocycles. The van der Waals surface area contributed by atoms with E-state index in [0.29, 0.717) is 37.3 Å². The summed E-state index contributed by atoms with van der Waals surface area (Å²) in [6.45, 7) is 3.92. The molecule has 5 heterocycles. The molecule has 4 saturated heterocycles. The summed E-state index contributed by atoms with van der Waals surface area (Å²) in [6.07, 6.45) is 2.48. The maximum absolute atomic E-state index is 11.6. The zero-order valence-electron chi connectivity index (χ0n) is 13.7. The van der Waals surface area contributed by atoms with Gasteiger partial charge in [0.1, 0.15) is 0 Å². The lowest BCUT2D eigenvalue weighted by Gasteiger charge is -2.51. The molecule has 0 unspecified atom stereocenters. The smallest absolute Gasteiger partial charge is 0.231 e. The summed E-state index contributed by atoms with van der Waals surface area (Å²) in [5, 5.41) is 0. The number of nitrogens with two attached hydrogens (primary N) is 1. The highest BCUT2D eigenvalue weighted by Gasteiger charge is 2.53. The van der Waals surface area contributed by atoms with Crippen LogP contribution in [0.3, 0.4) is 0 Å². The van der Waals surface area contributed by atoms with Crippen LogP contribution in [0.25, 0.3) is 0 Å². The Bertz CT molecular complexity index is 671.